The van der Waals surface area contributed by atoms with E-state index in [0.717, 1.165) is 18.4 Å². The normalized spacial score (nSPS) is 14.2. The van der Waals surface area contributed by atoms with Gasteiger partial charge in [-0.15, -0.1) is 12.4 Å². The standard InChI is InChI=1S/C11H14N2O.ClH/c1-7-2-3-8(6-10(7)12)11(14)13-9-4-5-9;/h2-3,6,9H,4-5,12H2,1H3,(H,13,14);1H. The molecule has 0 radical (unpaired) electrons. The molecule has 0 aromatic heterocycles. The van der Waals surface area contributed by atoms with Crippen LogP contribution in [0.4, 0.5) is 5.69 Å². The van der Waals surface area contributed by atoms with Crippen molar-refractivity contribution in [2.75, 3.05) is 5.73 Å². The number of carbonyl (C=O) groups is 1. The quantitative estimate of drug-likeness (QED) is 0.757. The molecule has 1 aliphatic rings. The van der Waals surface area contributed by atoms with Crippen molar-refractivity contribution in [1.82, 2.24) is 5.32 Å². The molecule has 0 unspecified atom stereocenters. The fourth-order valence-corrected chi connectivity index (χ4v) is 1.28. The van der Waals surface area contributed by atoms with E-state index < -0.39 is 0 Å². The van der Waals surface area contributed by atoms with Gasteiger partial charge in [0.05, 0.1) is 0 Å². The van der Waals surface area contributed by atoms with Gasteiger partial charge < -0.3 is 11.1 Å². The third kappa shape index (κ3) is 2.86. The molecule has 0 atom stereocenters. The summed E-state index contributed by atoms with van der Waals surface area (Å²) in [6, 6.07) is 5.80. The van der Waals surface area contributed by atoms with Gasteiger partial charge in [-0.05, 0) is 37.5 Å². The van der Waals surface area contributed by atoms with Crippen molar-refractivity contribution in [3.63, 3.8) is 0 Å². The summed E-state index contributed by atoms with van der Waals surface area (Å²) in [5.74, 6) is -0.0146. The molecule has 0 bridgehead atoms. The highest BCUT2D eigenvalue weighted by molar-refractivity contribution is 5.95. The maximum Gasteiger partial charge on any atom is 0.251 e. The fourth-order valence-electron chi connectivity index (χ4n) is 1.28. The molecule has 1 fully saturated rings. The summed E-state index contributed by atoms with van der Waals surface area (Å²) >= 11 is 0. The second kappa shape index (κ2) is 4.53. The lowest BCUT2D eigenvalue weighted by molar-refractivity contribution is 0.0951. The number of aryl methyl sites for hydroxylation is 1. The highest BCUT2D eigenvalue weighted by Crippen LogP contribution is 2.20. The van der Waals surface area contributed by atoms with Crippen LogP contribution in [0.2, 0.25) is 0 Å². The zero-order chi connectivity index (χ0) is 10.1. The summed E-state index contributed by atoms with van der Waals surface area (Å²) in [5.41, 5.74) is 8.06. The molecule has 15 heavy (non-hydrogen) atoms. The number of hydrogen-bond acceptors (Lipinski definition) is 2. The summed E-state index contributed by atoms with van der Waals surface area (Å²) in [6.45, 7) is 1.93. The van der Waals surface area contributed by atoms with Gasteiger partial charge in [-0.25, -0.2) is 0 Å². The Bertz CT molecular complexity index is 375. The molecule has 3 nitrogen and oxygen atoms in total. The van der Waals surface area contributed by atoms with Gasteiger partial charge in [-0.1, -0.05) is 6.07 Å². The predicted octanol–water partition coefficient (Wildman–Crippen LogP) is 1.89. The van der Waals surface area contributed by atoms with Crippen molar-refractivity contribution in [1.29, 1.82) is 0 Å². The van der Waals surface area contributed by atoms with Gasteiger partial charge in [0.2, 0.25) is 0 Å². The van der Waals surface area contributed by atoms with Crippen molar-refractivity contribution in [2.45, 2.75) is 25.8 Å². The topological polar surface area (TPSA) is 55.1 Å². The molecular formula is C11H15ClN2O. The molecule has 0 heterocycles. The van der Waals surface area contributed by atoms with Crippen molar-refractivity contribution in [2.24, 2.45) is 0 Å². The molecule has 0 spiro atoms. The number of amides is 1. The SMILES string of the molecule is Cc1ccc(C(=O)NC2CC2)cc1N.Cl. The minimum Gasteiger partial charge on any atom is -0.398 e. The number of nitrogens with one attached hydrogen (secondary N) is 1. The van der Waals surface area contributed by atoms with Crippen LogP contribution < -0.4 is 11.1 Å². The van der Waals surface area contributed by atoms with Crippen LogP contribution in [-0.2, 0) is 0 Å². The fraction of sp³-hybridized carbons (Fsp3) is 0.364. The van der Waals surface area contributed by atoms with Crippen LogP contribution in [0, 0.1) is 6.92 Å². The van der Waals surface area contributed by atoms with E-state index in [1.165, 1.54) is 0 Å². The van der Waals surface area contributed by atoms with Gasteiger partial charge in [-0.3, -0.25) is 4.79 Å². The van der Waals surface area contributed by atoms with E-state index in [2.05, 4.69) is 5.32 Å². The van der Waals surface area contributed by atoms with Crippen LogP contribution in [0.3, 0.4) is 0 Å². The Kier molecular flexibility index (Phi) is 3.58. The van der Waals surface area contributed by atoms with E-state index in [0.29, 0.717) is 17.3 Å². The van der Waals surface area contributed by atoms with Gasteiger partial charge in [-0.2, -0.15) is 0 Å². The summed E-state index contributed by atoms with van der Waals surface area (Å²) in [4.78, 5) is 11.6. The second-order valence-corrected chi connectivity index (χ2v) is 3.82. The van der Waals surface area contributed by atoms with E-state index in [4.69, 9.17) is 5.73 Å². The van der Waals surface area contributed by atoms with Crippen LogP contribution in [-0.4, -0.2) is 11.9 Å². The summed E-state index contributed by atoms with van der Waals surface area (Å²) in [5, 5.41) is 2.92. The Balaban J connectivity index is 0.00000112. The minimum absolute atomic E-state index is 0. The number of rotatable bonds is 2. The summed E-state index contributed by atoms with van der Waals surface area (Å²) in [6.07, 6.45) is 2.21. The molecule has 1 saturated carbocycles. The molecule has 1 aliphatic carbocycles. The van der Waals surface area contributed by atoms with Gasteiger partial charge in [0.15, 0.2) is 0 Å². The largest absolute Gasteiger partial charge is 0.398 e. The highest BCUT2D eigenvalue weighted by atomic mass is 35.5. The monoisotopic (exact) mass is 226 g/mol. The Morgan fingerprint density at radius 3 is 2.67 bits per heavy atom. The number of anilines is 1. The van der Waals surface area contributed by atoms with Crippen molar-refractivity contribution in [3.05, 3.63) is 29.3 Å². The number of hydrogen-bond donors (Lipinski definition) is 2. The third-order valence-electron chi connectivity index (χ3n) is 2.45. The molecule has 3 N–H and O–H groups in total. The van der Waals surface area contributed by atoms with Crippen LogP contribution in [0.25, 0.3) is 0 Å². The van der Waals surface area contributed by atoms with Crippen LogP contribution >= 0.6 is 12.4 Å². The van der Waals surface area contributed by atoms with Crippen molar-refractivity contribution < 1.29 is 4.79 Å². The van der Waals surface area contributed by atoms with Crippen molar-refractivity contribution in [3.8, 4) is 0 Å². The van der Waals surface area contributed by atoms with Crippen LogP contribution in [0.5, 0.6) is 0 Å². The zero-order valence-corrected chi connectivity index (χ0v) is 9.43. The maximum atomic E-state index is 11.6. The number of carbonyl (C=O) groups excluding carboxylic acids is 1. The molecular weight excluding hydrogens is 212 g/mol. The average molecular weight is 227 g/mol. The smallest absolute Gasteiger partial charge is 0.251 e. The Hall–Kier alpha value is -1.22. The first-order valence-electron chi connectivity index (χ1n) is 4.84. The van der Waals surface area contributed by atoms with Gasteiger partial charge >= 0.3 is 0 Å². The van der Waals surface area contributed by atoms with Crippen molar-refractivity contribution >= 4 is 24.0 Å². The number of halogens is 1. The molecule has 4 heteroatoms. The van der Waals surface area contributed by atoms with Gasteiger partial charge in [0.25, 0.3) is 5.91 Å². The lowest BCUT2D eigenvalue weighted by Crippen LogP contribution is -2.25. The van der Waals surface area contributed by atoms with E-state index in [1.54, 1.807) is 6.07 Å². The molecule has 2 rings (SSSR count). The Labute approximate surface area is 95.5 Å². The number of nitrogens with two attached hydrogens (primary N) is 1. The molecule has 0 saturated heterocycles. The Morgan fingerprint density at radius 1 is 1.47 bits per heavy atom. The average Bonchev–Trinajstić information content (AvgIpc) is 2.93. The lowest BCUT2D eigenvalue weighted by atomic mass is 10.1. The molecule has 1 aromatic rings. The lowest BCUT2D eigenvalue weighted by Gasteiger charge is -2.05. The number of nitrogen functional groups attached to an aromatic ring is 1. The molecule has 1 aromatic carbocycles. The Morgan fingerprint density at radius 2 is 2.13 bits per heavy atom. The van der Waals surface area contributed by atoms with E-state index in [-0.39, 0.29) is 18.3 Å². The van der Waals surface area contributed by atoms with E-state index in [9.17, 15) is 4.79 Å². The highest BCUT2D eigenvalue weighted by Gasteiger charge is 2.23. The van der Waals surface area contributed by atoms with Gasteiger partial charge in [0.1, 0.15) is 0 Å². The van der Waals surface area contributed by atoms with Crippen LogP contribution in [0.1, 0.15) is 28.8 Å². The van der Waals surface area contributed by atoms with Crippen LogP contribution in [0.15, 0.2) is 18.2 Å². The zero-order valence-electron chi connectivity index (χ0n) is 8.62. The second-order valence-electron chi connectivity index (χ2n) is 3.82. The van der Waals surface area contributed by atoms with Gasteiger partial charge in [0, 0.05) is 17.3 Å². The van der Waals surface area contributed by atoms with E-state index in [1.807, 2.05) is 19.1 Å². The first-order chi connectivity index (χ1) is 6.66. The van der Waals surface area contributed by atoms with E-state index >= 15 is 0 Å². The number of benzene rings is 1. The molecule has 0 aliphatic heterocycles. The summed E-state index contributed by atoms with van der Waals surface area (Å²) < 4.78 is 0. The molecule has 1 amide bonds. The molecule has 82 valence electrons. The summed E-state index contributed by atoms with van der Waals surface area (Å²) in [7, 11) is 0. The first-order valence-corrected chi connectivity index (χ1v) is 4.84. The minimum atomic E-state index is -0.0146. The maximum absolute atomic E-state index is 11.6. The predicted molar refractivity (Wildman–Crippen MR) is 63.3 cm³/mol. The third-order valence-corrected chi connectivity index (χ3v) is 2.45. The first kappa shape index (κ1) is 11.9.